The lowest BCUT2D eigenvalue weighted by Gasteiger charge is -2.38. The summed E-state index contributed by atoms with van der Waals surface area (Å²) in [5.41, 5.74) is 0.292. The highest BCUT2D eigenvalue weighted by atomic mass is 16.6. The first-order valence-corrected chi connectivity index (χ1v) is 18.7. The summed E-state index contributed by atoms with van der Waals surface area (Å²) in [6, 6.07) is 28.9. The number of carbonyl (C=O) groups excluding carboxylic acids is 4. The van der Waals surface area contributed by atoms with Gasteiger partial charge in [0.25, 0.3) is 5.91 Å². The van der Waals surface area contributed by atoms with Gasteiger partial charge < -0.3 is 34.4 Å². The number of esters is 1. The van der Waals surface area contributed by atoms with E-state index in [2.05, 4.69) is 5.32 Å². The van der Waals surface area contributed by atoms with Crippen LogP contribution in [0.5, 0.6) is 0 Å². The van der Waals surface area contributed by atoms with Crippen LogP contribution in [0.1, 0.15) is 36.1 Å². The van der Waals surface area contributed by atoms with E-state index in [0.29, 0.717) is 23.2 Å². The molecule has 1 spiro atoms. The highest BCUT2D eigenvalue weighted by Gasteiger charge is 2.72. The third kappa shape index (κ3) is 6.52. The number of carbonyl (C=O) groups is 4. The highest BCUT2D eigenvalue weighted by Crippen LogP contribution is 2.55. The van der Waals surface area contributed by atoms with Gasteiger partial charge in [-0.3, -0.25) is 19.2 Å². The van der Waals surface area contributed by atoms with Gasteiger partial charge in [-0.05, 0) is 40.5 Å². The summed E-state index contributed by atoms with van der Waals surface area (Å²) in [4.78, 5) is 61.5. The van der Waals surface area contributed by atoms with Gasteiger partial charge in [0.05, 0.1) is 37.3 Å². The van der Waals surface area contributed by atoms with Gasteiger partial charge in [0.1, 0.15) is 23.7 Å². The topological polar surface area (TPSA) is 135 Å². The molecule has 0 aliphatic carbocycles. The maximum Gasteiger partial charge on any atom is 0.313 e. The van der Waals surface area contributed by atoms with Gasteiger partial charge in [0, 0.05) is 25.8 Å². The first-order valence-electron chi connectivity index (χ1n) is 18.7. The molecule has 4 aliphatic heterocycles. The fourth-order valence-corrected chi connectivity index (χ4v) is 8.77. The molecule has 4 heterocycles. The first-order chi connectivity index (χ1) is 26.8. The number of aliphatic hydroxyl groups is 1. The molecule has 8 atom stereocenters. The quantitative estimate of drug-likeness (QED) is 0.204. The maximum absolute atomic E-state index is 15.3. The zero-order valence-electron chi connectivity index (χ0n) is 30.4. The van der Waals surface area contributed by atoms with Gasteiger partial charge in [0.2, 0.25) is 11.8 Å². The number of likely N-dealkylation sites (tertiary alicyclic amines) is 1. The van der Waals surface area contributed by atoms with Crippen molar-refractivity contribution in [2.24, 2.45) is 11.8 Å². The lowest BCUT2D eigenvalue weighted by Crippen LogP contribution is -2.56. The monoisotopic (exact) mass is 741 g/mol. The first kappa shape index (κ1) is 36.4. The molecule has 2 fully saturated rings. The van der Waals surface area contributed by atoms with Gasteiger partial charge in [-0.25, -0.2) is 0 Å². The van der Waals surface area contributed by atoms with Crippen LogP contribution in [0, 0.1) is 11.8 Å². The summed E-state index contributed by atoms with van der Waals surface area (Å²) in [7, 11) is 1.51. The van der Waals surface area contributed by atoms with E-state index in [0.717, 1.165) is 10.8 Å². The fourth-order valence-electron chi connectivity index (χ4n) is 8.77. The van der Waals surface area contributed by atoms with Crippen molar-refractivity contribution in [1.29, 1.82) is 0 Å². The number of amides is 3. The molecular formula is C44H43N3O8. The Morgan fingerprint density at radius 3 is 2.36 bits per heavy atom. The van der Waals surface area contributed by atoms with Crippen LogP contribution in [0.4, 0.5) is 5.69 Å². The summed E-state index contributed by atoms with van der Waals surface area (Å²) in [6.45, 7) is -0.242. The van der Waals surface area contributed by atoms with E-state index in [-0.39, 0.29) is 25.5 Å². The van der Waals surface area contributed by atoms with Crippen molar-refractivity contribution in [2.45, 2.75) is 48.8 Å². The second-order valence-electron chi connectivity index (χ2n) is 14.4. The van der Waals surface area contributed by atoms with E-state index >= 15 is 9.59 Å². The van der Waals surface area contributed by atoms with Crippen molar-refractivity contribution in [3.05, 3.63) is 139 Å². The smallest absolute Gasteiger partial charge is 0.313 e. The molecule has 8 rings (SSSR count). The Kier molecular flexibility index (Phi) is 10.1. The Morgan fingerprint density at radius 2 is 1.62 bits per heavy atom. The number of fused-ring (bicyclic) bond motifs is 3. The Morgan fingerprint density at radius 1 is 0.891 bits per heavy atom. The zero-order chi connectivity index (χ0) is 38.1. The second kappa shape index (κ2) is 15.3. The molecule has 3 amide bonds. The van der Waals surface area contributed by atoms with Crippen LogP contribution in [0.2, 0.25) is 0 Å². The molecule has 0 unspecified atom stereocenters. The third-order valence-corrected chi connectivity index (χ3v) is 11.2. The molecule has 4 aromatic carbocycles. The lowest BCUT2D eigenvalue weighted by molar-refractivity contribution is -0.162. The molecule has 2 saturated heterocycles. The van der Waals surface area contributed by atoms with E-state index in [1.54, 1.807) is 47.4 Å². The van der Waals surface area contributed by atoms with Gasteiger partial charge >= 0.3 is 5.97 Å². The minimum absolute atomic E-state index is 0.0538. The van der Waals surface area contributed by atoms with Crippen molar-refractivity contribution >= 4 is 40.2 Å². The predicted octanol–water partition coefficient (Wildman–Crippen LogP) is 4.82. The van der Waals surface area contributed by atoms with Gasteiger partial charge in [-0.1, -0.05) is 115 Å². The maximum atomic E-state index is 15.3. The summed E-state index contributed by atoms with van der Waals surface area (Å²) < 4.78 is 18.8. The molecule has 2 N–H and O–H groups in total. The second-order valence-corrected chi connectivity index (χ2v) is 14.4. The average Bonchev–Trinajstić information content (AvgIpc) is 3.59. The summed E-state index contributed by atoms with van der Waals surface area (Å²) in [5, 5.41) is 15.9. The average molecular weight is 742 g/mol. The summed E-state index contributed by atoms with van der Waals surface area (Å²) in [5.74, 6) is -4.24. The van der Waals surface area contributed by atoms with Crippen LogP contribution >= 0.6 is 0 Å². The Bertz CT molecular complexity index is 2140. The molecule has 4 aliphatic rings. The van der Waals surface area contributed by atoms with Crippen LogP contribution in [-0.4, -0.2) is 84.4 Å². The highest BCUT2D eigenvalue weighted by molar-refractivity contribution is 6.06. The number of benzene rings is 4. The molecule has 55 heavy (non-hydrogen) atoms. The zero-order valence-corrected chi connectivity index (χ0v) is 30.4. The van der Waals surface area contributed by atoms with Crippen molar-refractivity contribution < 1.29 is 38.5 Å². The Hall–Kier alpha value is -5.62. The number of nitrogens with zero attached hydrogens (tertiary/aromatic N) is 2. The number of allylic oxidation sites excluding steroid dienone is 1. The van der Waals surface area contributed by atoms with E-state index in [4.69, 9.17) is 14.2 Å². The van der Waals surface area contributed by atoms with E-state index in [1.165, 1.54) is 12.0 Å². The number of rotatable bonds is 7. The van der Waals surface area contributed by atoms with Gasteiger partial charge in [-0.2, -0.15) is 0 Å². The van der Waals surface area contributed by atoms with E-state index in [1.807, 2.05) is 84.9 Å². The minimum atomic E-state index is -1.61. The van der Waals surface area contributed by atoms with Crippen LogP contribution in [0.3, 0.4) is 0 Å². The van der Waals surface area contributed by atoms with Crippen LogP contribution < -0.4 is 10.2 Å². The standard InChI is InChI=1S/C44H43N3O8/c1-53-27-33-39(30-16-6-3-7-17-30)54-43(52)37-35(19-10-11-20-36(49)45-33)55-44-23-12-24-46(32-22-21-28-13-8-9-18-31(28)25-32)42(51)40(44)47(41(50)38(37)44)34(26-48)29-14-4-2-5-15-29/h2-10,12-19,21-23,25,33-35,37-40,48H,11,20,24,26-27H2,1H3,(H,45,49)/b19-10-/t33-,34+,35-,37+,38+,39-,40-,44+/m0/s1. The molecule has 0 radical (unpaired) electrons. The van der Waals surface area contributed by atoms with E-state index < -0.39 is 72.2 Å². The molecule has 0 bridgehead atoms. The molecule has 0 saturated carbocycles. The third-order valence-electron chi connectivity index (χ3n) is 11.2. The number of hydrogen-bond donors (Lipinski definition) is 2. The minimum Gasteiger partial charge on any atom is -0.455 e. The summed E-state index contributed by atoms with van der Waals surface area (Å²) >= 11 is 0. The predicted molar refractivity (Wildman–Crippen MR) is 204 cm³/mol. The Labute approximate surface area is 319 Å². The molecule has 0 aromatic heterocycles. The van der Waals surface area contributed by atoms with Crippen LogP contribution in [-0.2, 0) is 33.4 Å². The number of nitrogens with one attached hydrogen (secondary N) is 1. The van der Waals surface area contributed by atoms with Crippen molar-refractivity contribution in [3.8, 4) is 0 Å². The Balaban J connectivity index is 1.26. The van der Waals surface area contributed by atoms with Crippen molar-refractivity contribution in [1.82, 2.24) is 10.2 Å². The molecule has 11 heteroatoms. The number of cyclic esters (lactones) is 1. The van der Waals surface area contributed by atoms with Crippen molar-refractivity contribution in [2.75, 3.05) is 31.8 Å². The number of hydrogen-bond acceptors (Lipinski definition) is 8. The molecule has 4 aromatic rings. The number of methoxy groups -OCH3 is 1. The molecular weight excluding hydrogens is 698 g/mol. The molecule has 282 valence electrons. The van der Waals surface area contributed by atoms with E-state index in [9.17, 15) is 14.7 Å². The SMILES string of the molecule is COC[C@@H]1NC(=O)CC/C=C\[C@@H]2O[C@@]34C=CCN(c5ccc6ccccc6c5)C(=O)[C@@H]3N([C@H](CO)c3ccccc3)C(=O)[C@H]4[C@@H]2C(=O)O[C@H]1c1ccccc1. The number of ether oxygens (including phenoxy) is 3. The number of anilines is 1. The van der Waals surface area contributed by atoms with Gasteiger partial charge in [-0.15, -0.1) is 0 Å². The van der Waals surface area contributed by atoms with Gasteiger partial charge in [0.15, 0.2) is 0 Å². The largest absolute Gasteiger partial charge is 0.455 e. The van der Waals surface area contributed by atoms with Crippen LogP contribution in [0.25, 0.3) is 10.8 Å². The normalized spacial score (nSPS) is 29.3. The van der Waals surface area contributed by atoms with Crippen molar-refractivity contribution in [3.63, 3.8) is 0 Å². The fraction of sp³-hybridized carbons (Fsp3) is 0.318. The number of aliphatic hydroxyl groups excluding tert-OH is 1. The van der Waals surface area contributed by atoms with Crippen LogP contribution in [0.15, 0.2) is 127 Å². The lowest BCUT2D eigenvalue weighted by atomic mass is 9.77. The summed E-state index contributed by atoms with van der Waals surface area (Å²) in [6.07, 6.45) is 5.61. The molecule has 11 nitrogen and oxygen atoms in total.